The Morgan fingerprint density at radius 1 is 0.346 bits per heavy atom. The monoisotopic (exact) mass is 1850 g/mol. The molecule has 0 unspecified atom stereocenters. The molecule has 0 aliphatic heterocycles. The number of thiophene rings is 4. The molecule has 127 heavy (non-hydrogen) atoms. The Morgan fingerprint density at radius 3 is 0.976 bits per heavy atom. The number of aryl methyl sites for hydroxylation is 5. The Kier molecular flexibility index (Phi) is 31.6. The summed E-state index contributed by atoms with van der Waals surface area (Å²) in [5, 5.41) is 36.1. The first-order valence-corrected chi connectivity index (χ1v) is 51.4. The van der Waals surface area contributed by atoms with Gasteiger partial charge >= 0.3 is 5.97 Å². The number of phenolic OH excluding ortho intramolecular Hbond substituents is 1. The van der Waals surface area contributed by atoms with E-state index in [2.05, 4.69) is 69.3 Å². The SMILES string of the molecule is CCCCc1ccc(-n2nc(-c3cccs3)cc2CS(=O)(=O)c2ccc(CCCC)cc2)cc1.CCCCc1ccc(S(=O)(=O)Nc2cc(-c3cccs3)nn2-c2ccc(O)cc2)cc1.CCCCc1ccc(S(=O)(=O)Nc2cc(-c3cccs3)nn2-c2ccc(OC(C)=O)cc2)cc1.CCc1ccc(S(=O)(=O)Nc2cc(-c3cccs3)nn2-c2ccccc2)cc1. The first-order valence-electron chi connectivity index (χ1n) is 41.8. The summed E-state index contributed by atoms with van der Waals surface area (Å²) in [4.78, 5) is 16.0. The topological polar surface area (TPSA) is 290 Å². The van der Waals surface area contributed by atoms with Crippen LogP contribution in [0.3, 0.4) is 0 Å². The standard InChI is InChI=1S/C28H32N2O2S2.C25H25N3O4S2.C23H23N3O3S2.C21H19N3O2S2/c1-3-5-8-22-11-15-24(16-12-22)30-25(20-27(29-30)28-10-7-19-33-28)21-34(31,32)26-17-13-23(14-18-26)9-6-4-2;1-3-4-6-19-8-14-22(15-9-19)34(30,31)27-25-17-23(24-7-5-16-33-24)26-28(25)20-10-12-21(13-11-20)32-18(2)29;1-2-3-5-17-7-13-20(14-8-17)31(28,29)25-23-16-21(22-6-4-15-30-22)24-26(23)18-9-11-19(27)12-10-18;1-2-16-10-12-18(13-11-16)28(25,26)23-21-15-19(20-9-6-14-27-20)22-24(21)17-7-4-3-5-8-17/h7,10-20H,3-6,8-9,21H2,1-2H3;5,7-17,27H,3-4,6H2,1-2H3;4,6-16,25,27H,2-3,5H2,1H3;3-15,23H,2H2,1H3. The van der Waals surface area contributed by atoms with Crippen LogP contribution >= 0.6 is 45.3 Å². The Morgan fingerprint density at radius 2 is 0.646 bits per heavy atom. The number of unbranched alkanes of at least 4 members (excludes halogenated alkanes) is 4. The number of aromatic hydroxyl groups is 1. The minimum atomic E-state index is -3.84. The van der Waals surface area contributed by atoms with Crippen molar-refractivity contribution in [3.05, 3.63) is 328 Å². The van der Waals surface area contributed by atoms with Gasteiger partial charge in [0.2, 0.25) is 0 Å². The first kappa shape index (κ1) is 92.5. The van der Waals surface area contributed by atoms with Crippen LogP contribution in [0.25, 0.3) is 65.0 Å². The Hall–Kier alpha value is -12.1. The molecule has 4 N–H and O–H groups in total. The Labute approximate surface area is 759 Å². The number of anilines is 3. The molecule has 0 fully saturated rings. The number of phenols is 1. The van der Waals surface area contributed by atoms with E-state index in [1.165, 1.54) is 62.2 Å². The van der Waals surface area contributed by atoms with Gasteiger partial charge in [0.15, 0.2) is 9.84 Å². The molecule has 8 aromatic carbocycles. The van der Waals surface area contributed by atoms with Crippen LogP contribution in [0.4, 0.5) is 17.5 Å². The van der Waals surface area contributed by atoms with Gasteiger partial charge in [-0.2, -0.15) is 20.4 Å². The van der Waals surface area contributed by atoms with Gasteiger partial charge in [0, 0.05) is 25.1 Å². The number of rotatable bonds is 34. The molecule has 656 valence electrons. The second-order valence-corrected chi connectivity index (χ2v) is 40.7. The van der Waals surface area contributed by atoms with Crippen LogP contribution in [0.2, 0.25) is 0 Å². The highest BCUT2D eigenvalue weighted by atomic mass is 32.2. The van der Waals surface area contributed by atoms with Gasteiger partial charge in [0.05, 0.1) is 73.3 Å². The molecule has 0 radical (unpaired) electrons. The number of benzene rings is 8. The molecular formula is C97H99N11O11S8. The van der Waals surface area contributed by atoms with Crippen molar-refractivity contribution in [1.82, 2.24) is 39.1 Å². The number of hydrogen-bond acceptors (Lipinski definition) is 19. The quantitative estimate of drug-likeness (QED) is 0.0215. The third-order valence-corrected chi connectivity index (χ3v) is 29.7. The van der Waals surface area contributed by atoms with Crippen LogP contribution in [-0.4, -0.2) is 83.9 Å². The molecule has 22 nitrogen and oxygen atoms in total. The zero-order valence-corrected chi connectivity index (χ0v) is 77.6. The second kappa shape index (κ2) is 43.4. The number of ether oxygens (including phenoxy) is 1. The van der Waals surface area contributed by atoms with Gasteiger partial charge in [-0.15, -0.1) is 45.3 Å². The van der Waals surface area contributed by atoms with Gasteiger partial charge in [-0.25, -0.2) is 52.4 Å². The van der Waals surface area contributed by atoms with Crippen LogP contribution < -0.4 is 18.9 Å². The summed E-state index contributed by atoms with van der Waals surface area (Å²) in [6, 6.07) is 81.8. The van der Waals surface area contributed by atoms with Crippen LogP contribution in [0.1, 0.15) is 126 Å². The van der Waals surface area contributed by atoms with E-state index in [-0.39, 0.29) is 26.2 Å². The van der Waals surface area contributed by atoms with Crippen LogP contribution in [0.15, 0.2) is 314 Å². The molecule has 16 rings (SSSR count). The van der Waals surface area contributed by atoms with Gasteiger partial charge in [-0.1, -0.05) is 163 Å². The summed E-state index contributed by atoms with van der Waals surface area (Å²) in [6.45, 7) is 12.0. The highest BCUT2D eigenvalue weighted by Gasteiger charge is 2.26. The van der Waals surface area contributed by atoms with Crippen molar-refractivity contribution in [3.8, 4) is 76.5 Å². The Balaban J connectivity index is 0.000000145. The van der Waals surface area contributed by atoms with Gasteiger partial charge in [-0.05, 0) is 259 Å². The fourth-order valence-electron chi connectivity index (χ4n) is 13.5. The minimum absolute atomic E-state index is 0.0999. The molecule has 0 saturated carbocycles. The number of nitrogens with one attached hydrogen (secondary N) is 3. The molecule has 0 amide bonds. The lowest BCUT2D eigenvalue weighted by atomic mass is 10.1. The average Bonchev–Trinajstić information content (AvgIpc) is 1.66. The predicted molar refractivity (Wildman–Crippen MR) is 513 cm³/mol. The summed E-state index contributed by atoms with van der Waals surface area (Å²) in [6.07, 6.45) is 13.6. The largest absolute Gasteiger partial charge is 0.508 e. The molecule has 8 heterocycles. The van der Waals surface area contributed by atoms with Crippen molar-refractivity contribution in [2.75, 3.05) is 14.2 Å². The fourth-order valence-corrected chi connectivity index (χ4v) is 20.6. The van der Waals surface area contributed by atoms with Gasteiger partial charge in [-0.3, -0.25) is 19.0 Å². The maximum atomic E-state index is 13.3. The summed E-state index contributed by atoms with van der Waals surface area (Å²) in [5.41, 5.74) is 12.2. The molecule has 16 aromatic rings. The lowest BCUT2D eigenvalue weighted by Crippen LogP contribution is -2.16. The maximum absolute atomic E-state index is 13.3. The first-order chi connectivity index (χ1) is 61.4. The number of carbonyl (C=O) groups is 1. The normalized spacial score (nSPS) is 11.5. The molecular weight excluding hydrogens is 1750 g/mol. The molecule has 30 heteroatoms. The maximum Gasteiger partial charge on any atom is 0.308 e. The number of esters is 1. The molecule has 8 aromatic heterocycles. The number of nitrogens with zero attached hydrogens (tertiary/aromatic N) is 8. The number of sulfone groups is 1. The highest BCUT2D eigenvalue weighted by molar-refractivity contribution is 7.93. The van der Waals surface area contributed by atoms with Crippen molar-refractivity contribution in [2.24, 2.45) is 0 Å². The summed E-state index contributed by atoms with van der Waals surface area (Å²) in [7, 11) is -14.9. The van der Waals surface area contributed by atoms with Gasteiger partial charge < -0.3 is 9.84 Å². The van der Waals surface area contributed by atoms with Crippen molar-refractivity contribution in [3.63, 3.8) is 0 Å². The van der Waals surface area contributed by atoms with E-state index in [9.17, 15) is 43.6 Å². The summed E-state index contributed by atoms with van der Waals surface area (Å²) < 4.78 is 125. The number of para-hydroxylation sites is 1. The van der Waals surface area contributed by atoms with Crippen molar-refractivity contribution < 1.29 is 48.3 Å². The smallest absolute Gasteiger partial charge is 0.308 e. The molecule has 0 bridgehead atoms. The van der Waals surface area contributed by atoms with Gasteiger partial charge in [0.25, 0.3) is 30.1 Å². The van der Waals surface area contributed by atoms with Crippen LogP contribution in [-0.2, 0) is 82.6 Å². The fraction of sp³-hybridized carbons (Fsp3) is 0.206. The third-order valence-electron chi connectivity index (χ3n) is 20.3. The third kappa shape index (κ3) is 24.8. The van der Waals surface area contributed by atoms with Gasteiger partial charge in [0.1, 0.15) is 51.7 Å². The zero-order valence-electron chi connectivity index (χ0n) is 71.1. The number of sulfonamides is 3. The molecule has 0 saturated heterocycles. The van der Waals surface area contributed by atoms with E-state index in [0.29, 0.717) is 56.6 Å². The molecule has 0 aliphatic carbocycles. The number of hydrogen-bond donors (Lipinski definition) is 4. The summed E-state index contributed by atoms with van der Waals surface area (Å²) in [5.74, 6) is 1.03. The molecule has 0 spiro atoms. The van der Waals surface area contributed by atoms with E-state index in [0.717, 1.165) is 142 Å². The second-order valence-electron chi connectivity index (χ2n) is 29.8. The predicted octanol–water partition coefficient (Wildman–Crippen LogP) is 23.3. The number of carbonyl (C=O) groups excluding carboxylic acids is 1. The number of aromatic nitrogens is 8. The van der Waals surface area contributed by atoms with Crippen LogP contribution in [0, 0.1) is 0 Å². The van der Waals surface area contributed by atoms with E-state index < -0.39 is 45.9 Å². The minimum Gasteiger partial charge on any atom is -0.508 e. The molecule has 0 atom stereocenters. The lowest BCUT2D eigenvalue weighted by molar-refractivity contribution is -0.131. The Bertz CT molecular complexity index is 6690. The van der Waals surface area contributed by atoms with E-state index in [1.807, 2.05) is 174 Å². The van der Waals surface area contributed by atoms with Crippen molar-refractivity contribution >= 4 is 109 Å². The van der Waals surface area contributed by atoms with Crippen molar-refractivity contribution in [2.45, 2.75) is 150 Å². The van der Waals surface area contributed by atoms with Crippen LogP contribution in [0.5, 0.6) is 11.5 Å². The van der Waals surface area contributed by atoms with E-state index in [4.69, 9.17) is 9.84 Å². The molecule has 0 aliphatic rings. The van der Waals surface area contributed by atoms with E-state index in [1.54, 1.807) is 135 Å². The van der Waals surface area contributed by atoms with E-state index >= 15 is 0 Å². The highest BCUT2D eigenvalue weighted by Crippen LogP contribution is 2.36. The summed E-state index contributed by atoms with van der Waals surface area (Å²) >= 11 is 6.20. The zero-order chi connectivity index (χ0) is 89.5. The van der Waals surface area contributed by atoms with Crippen molar-refractivity contribution in [1.29, 1.82) is 0 Å². The average molecular weight is 1850 g/mol. The lowest BCUT2D eigenvalue weighted by Gasteiger charge is -2.11.